The molecule has 1 N–H and O–H groups in total. The van der Waals surface area contributed by atoms with Crippen LogP contribution in [0.2, 0.25) is 0 Å². The summed E-state index contributed by atoms with van der Waals surface area (Å²) in [5, 5.41) is 10.4. The maximum absolute atomic E-state index is 10.4. The molecule has 0 radical (unpaired) electrons. The van der Waals surface area contributed by atoms with Crippen LogP contribution in [-0.4, -0.2) is 30.2 Å². The largest absolute Gasteiger partial charge is 0.393 e. The van der Waals surface area contributed by atoms with Gasteiger partial charge in [-0.3, -0.25) is 0 Å². The summed E-state index contributed by atoms with van der Waals surface area (Å²) in [5.74, 6) is 0.492. The van der Waals surface area contributed by atoms with Gasteiger partial charge in [-0.1, -0.05) is 26.0 Å². The minimum atomic E-state index is -0.397. The van der Waals surface area contributed by atoms with E-state index in [1.807, 2.05) is 0 Å². The van der Waals surface area contributed by atoms with Crippen molar-refractivity contribution in [1.29, 1.82) is 0 Å². The fourth-order valence-corrected chi connectivity index (χ4v) is 5.39. The third-order valence-electron chi connectivity index (χ3n) is 6.37. The Morgan fingerprint density at radius 2 is 1.95 bits per heavy atom. The topological polar surface area (TPSA) is 38.7 Å². The molecule has 0 unspecified atom stereocenters. The maximum Gasteiger partial charge on any atom is 0.169 e. The Bertz CT molecular complexity index is 445. The summed E-state index contributed by atoms with van der Waals surface area (Å²) in [6.07, 6.45) is 4.78. The monoisotopic (exact) mass is 278 g/mol. The molecule has 112 valence electrons. The molecule has 4 atom stereocenters. The SMILES string of the molecule is C=C1CC[C@@H]2[C@H](O)C[C@H]3CC4(C[C@]132)OCC(C)(C)CO4. The van der Waals surface area contributed by atoms with E-state index in [4.69, 9.17) is 9.47 Å². The van der Waals surface area contributed by atoms with Crippen LogP contribution in [0, 0.1) is 22.7 Å². The summed E-state index contributed by atoms with van der Waals surface area (Å²) in [7, 11) is 0. The van der Waals surface area contributed by atoms with Crippen molar-refractivity contribution in [1.82, 2.24) is 0 Å². The number of hydrogen-bond donors (Lipinski definition) is 1. The van der Waals surface area contributed by atoms with Crippen molar-refractivity contribution in [3.63, 3.8) is 0 Å². The van der Waals surface area contributed by atoms with Crippen LogP contribution < -0.4 is 0 Å². The predicted octanol–water partition coefficient (Wildman–Crippen LogP) is 2.88. The van der Waals surface area contributed by atoms with Gasteiger partial charge in [0.05, 0.1) is 19.3 Å². The molecular formula is C17H26O3. The van der Waals surface area contributed by atoms with Crippen LogP contribution in [0.3, 0.4) is 0 Å². The van der Waals surface area contributed by atoms with Crippen LogP contribution in [0.5, 0.6) is 0 Å². The second-order valence-corrected chi connectivity index (χ2v) is 8.32. The second-order valence-electron chi connectivity index (χ2n) is 8.32. The number of aliphatic hydroxyl groups excluding tert-OH is 1. The Labute approximate surface area is 121 Å². The molecule has 3 nitrogen and oxygen atoms in total. The minimum absolute atomic E-state index is 0.0981. The molecule has 4 fully saturated rings. The molecule has 4 aliphatic rings. The smallest absolute Gasteiger partial charge is 0.169 e. The van der Waals surface area contributed by atoms with Gasteiger partial charge in [-0.15, -0.1) is 0 Å². The van der Waals surface area contributed by atoms with Gasteiger partial charge in [0.25, 0.3) is 0 Å². The van der Waals surface area contributed by atoms with Gasteiger partial charge in [-0.2, -0.15) is 0 Å². The molecule has 20 heavy (non-hydrogen) atoms. The Balaban J connectivity index is 1.63. The molecule has 3 aliphatic carbocycles. The highest BCUT2D eigenvalue weighted by Crippen LogP contribution is 2.69. The van der Waals surface area contributed by atoms with E-state index in [9.17, 15) is 5.11 Å². The van der Waals surface area contributed by atoms with Crippen molar-refractivity contribution in [2.24, 2.45) is 22.7 Å². The average Bonchev–Trinajstić information content (AvgIpc) is 2.94. The van der Waals surface area contributed by atoms with E-state index in [1.165, 1.54) is 5.57 Å². The van der Waals surface area contributed by atoms with E-state index >= 15 is 0 Å². The first-order chi connectivity index (χ1) is 9.37. The first kappa shape index (κ1) is 13.3. The Morgan fingerprint density at radius 3 is 2.65 bits per heavy atom. The summed E-state index contributed by atoms with van der Waals surface area (Å²) in [6.45, 7) is 10.3. The molecule has 0 aromatic rings. The van der Waals surface area contributed by atoms with Gasteiger partial charge >= 0.3 is 0 Å². The molecular weight excluding hydrogens is 252 g/mol. The third-order valence-corrected chi connectivity index (χ3v) is 6.37. The fraction of sp³-hybridized carbons (Fsp3) is 0.882. The molecule has 1 saturated heterocycles. The lowest BCUT2D eigenvalue weighted by molar-refractivity contribution is -0.299. The van der Waals surface area contributed by atoms with E-state index in [1.54, 1.807) is 0 Å². The molecule has 0 aromatic heterocycles. The van der Waals surface area contributed by atoms with Gasteiger partial charge in [0, 0.05) is 23.7 Å². The molecule has 3 saturated carbocycles. The molecule has 4 rings (SSSR count). The van der Waals surface area contributed by atoms with Crippen LogP contribution >= 0.6 is 0 Å². The highest BCUT2D eigenvalue weighted by Gasteiger charge is 2.67. The van der Waals surface area contributed by atoms with E-state index < -0.39 is 5.79 Å². The quantitative estimate of drug-likeness (QED) is 0.692. The highest BCUT2D eigenvalue weighted by molar-refractivity contribution is 5.29. The van der Waals surface area contributed by atoms with Gasteiger partial charge < -0.3 is 14.6 Å². The summed E-state index contributed by atoms with van der Waals surface area (Å²) in [4.78, 5) is 0. The van der Waals surface area contributed by atoms with Gasteiger partial charge in [0.1, 0.15) is 0 Å². The lowest BCUT2D eigenvalue weighted by Crippen LogP contribution is -2.47. The Morgan fingerprint density at radius 1 is 1.25 bits per heavy atom. The number of rotatable bonds is 0. The number of ether oxygens (including phenoxy) is 2. The minimum Gasteiger partial charge on any atom is -0.393 e. The zero-order valence-electron chi connectivity index (χ0n) is 12.7. The van der Waals surface area contributed by atoms with Crippen LogP contribution in [0.4, 0.5) is 0 Å². The van der Waals surface area contributed by atoms with Crippen molar-refractivity contribution in [3.8, 4) is 0 Å². The summed E-state index contributed by atoms with van der Waals surface area (Å²) in [5.41, 5.74) is 1.56. The van der Waals surface area contributed by atoms with Crippen LogP contribution in [0.15, 0.2) is 12.2 Å². The van der Waals surface area contributed by atoms with E-state index in [0.717, 1.165) is 45.3 Å². The summed E-state index contributed by atoms with van der Waals surface area (Å²) >= 11 is 0. The predicted molar refractivity (Wildman–Crippen MR) is 76.1 cm³/mol. The van der Waals surface area contributed by atoms with Crippen molar-refractivity contribution in [2.45, 2.75) is 57.8 Å². The summed E-state index contributed by atoms with van der Waals surface area (Å²) < 4.78 is 12.4. The third kappa shape index (κ3) is 1.57. The zero-order valence-corrected chi connectivity index (χ0v) is 12.7. The first-order valence-corrected chi connectivity index (χ1v) is 8.01. The van der Waals surface area contributed by atoms with Crippen molar-refractivity contribution in [3.05, 3.63) is 12.2 Å². The van der Waals surface area contributed by atoms with E-state index in [2.05, 4.69) is 20.4 Å². The Kier molecular flexibility index (Phi) is 2.58. The van der Waals surface area contributed by atoms with Crippen LogP contribution in [0.25, 0.3) is 0 Å². The lowest BCUT2D eigenvalue weighted by atomic mass is 9.73. The lowest BCUT2D eigenvalue weighted by Gasteiger charge is -2.43. The second kappa shape index (κ2) is 3.88. The Hall–Kier alpha value is -0.380. The molecule has 0 bridgehead atoms. The number of allylic oxidation sites excluding steroid dienone is 1. The van der Waals surface area contributed by atoms with Gasteiger partial charge in [0.15, 0.2) is 5.79 Å². The molecule has 0 amide bonds. The number of hydrogen-bond acceptors (Lipinski definition) is 3. The molecule has 0 aromatic carbocycles. The van der Waals surface area contributed by atoms with E-state index in [-0.39, 0.29) is 16.9 Å². The molecule has 1 aliphatic heterocycles. The van der Waals surface area contributed by atoms with E-state index in [0.29, 0.717) is 11.8 Å². The average molecular weight is 278 g/mol. The van der Waals surface area contributed by atoms with Crippen molar-refractivity contribution in [2.75, 3.05) is 13.2 Å². The van der Waals surface area contributed by atoms with Crippen LogP contribution in [-0.2, 0) is 9.47 Å². The van der Waals surface area contributed by atoms with Gasteiger partial charge in [-0.25, -0.2) is 0 Å². The van der Waals surface area contributed by atoms with Crippen LogP contribution in [0.1, 0.15) is 46.0 Å². The normalized spacial score (nSPS) is 48.5. The fourth-order valence-electron chi connectivity index (χ4n) is 5.39. The zero-order chi connectivity index (χ0) is 14.2. The molecule has 1 heterocycles. The van der Waals surface area contributed by atoms with Gasteiger partial charge in [-0.05, 0) is 31.1 Å². The summed E-state index contributed by atoms with van der Waals surface area (Å²) in [6, 6.07) is 0. The molecule has 3 heteroatoms. The molecule has 2 spiro atoms. The number of aliphatic hydroxyl groups is 1. The first-order valence-electron chi connectivity index (χ1n) is 8.01. The van der Waals surface area contributed by atoms with Gasteiger partial charge in [0.2, 0.25) is 0 Å². The highest BCUT2D eigenvalue weighted by atomic mass is 16.7. The maximum atomic E-state index is 10.4. The standard InChI is InChI=1S/C17H26O3/c1-11-4-5-13-14(18)6-12-7-16(8-17(11,12)13)19-9-15(2,3)10-20-16/h12-14,18H,1,4-10H2,2-3H3/t12-,13+,14+,17-/m0/s1. The van der Waals surface area contributed by atoms with Crippen molar-refractivity contribution < 1.29 is 14.6 Å². The van der Waals surface area contributed by atoms with Crippen molar-refractivity contribution >= 4 is 0 Å².